The van der Waals surface area contributed by atoms with Crippen molar-refractivity contribution in [3.63, 3.8) is 0 Å². The quantitative estimate of drug-likeness (QED) is 0.873. The van der Waals surface area contributed by atoms with Crippen LogP contribution < -0.4 is 0 Å². The summed E-state index contributed by atoms with van der Waals surface area (Å²) in [6, 6.07) is 2.15. The van der Waals surface area contributed by atoms with Crippen LogP contribution in [0.5, 0.6) is 0 Å². The van der Waals surface area contributed by atoms with Crippen molar-refractivity contribution in [2.75, 3.05) is 19.6 Å². The van der Waals surface area contributed by atoms with Crippen molar-refractivity contribution in [1.29, 1.82) is 0 Å². The van der Waals surface area contributed by atoms with Crippen molar-refractivity contribution < 1.29 is 4.74 Å². The minimum Gasteiger partial charge on any atom is -0.364 e. The summed E-state index contributed by atoms with van der Waals surface area (Å²) < 4.78 is 8.52. The molecule has 0 aliphatic carbocycles. The molecule has 4 rings (SSSR count). The molecule has 1 fully saturated rings. The molecule has 0 amide bonds. The molecule has 2 aromatic rings. The number of thiophene rings is 1. The fourth-order valence-corrected chi connectivity index (χ4v) is 4.53. The van der Waals surface area contributed by atoms with E-state index >= 15 is 0 Å². The van der Waals surface area contributed by atoms with E-state index in [4.69, 9.17) is 4.74 Å². The predicted octanol–water partition coefficient (Wildman–Crippen LogP) is 2.70. The summed E-state index contributed by atoms with van der Waals surface area (Å²) in [4.78, 5) is 3.75. The zero-order valence-corrected chi connectivity index (χ0v) is 14.0. The highest BCUT2D eigenvalue weighted by molar-refractivity contribution is 7.13. The number of rotatable bonds is 3. The van der Waals surface area contributed by atoms with E-state index in [9.17, 15) is 0 Å². The van der Waals surface area contributed by atoms with Gasteiger partial charge in [-0.3, -0.25) is 0 Å². The zero-order valence-electron chi connectivity index (χ0n) is 13.2. The molecule has 0 radical (unpaired) electrons. The van der Waals surface area contributed by atoms with E-state index in [1.165, 1.54) is 16.9 Å². The van der Waals surface area contributed by atoms with E-state index in [0.717, 1.165) is 44.2 Å². The average Bonchev–Trinajstić information content (AvgIpc) is 3.19. The summed E-state index contributed by atoms with van der Waals surface area (Å²) in [6.45, 7) is 9.17. The lowest BCUT2D eigenvalue weighted by molar-refractivity contribution is -0.0817. The van der Waals surface area contributed by atoms with Crippen molar-refractivity contribution in [3.05, 3.63) is 22.8 Å². The van der Waals surface area contributed by atoms with Crippen LogP contribution in [-0.2, 0) is 17.9 Å². The summed E-state index contributed by atoms with van der Waals surface area (Å²) >= 11 is 1.75. The second kappa shape index (κ2) is 5.44. The molecule has 0 saturated carbocycles. The maximum Gasteiger partial charge on any atom is 0.174 e. The molecule has 118 valence electrons. The highest BCUT2D eigenvalue weighted by Gasteiger charge is 2.43. The average molecular weight is 318 g/mol. The van der Waals surface area contributed by atoms with Crippen LogP contribution in [0.4, 0.5) is 0 Å². The van der Waals surface area contributed by atoms with E-state index in [1.54, 1.807) is 11.3 Å². The lowest BCUT2D eigenvalue weighted by Crippen LogP contribution is -2.44. The van der Waals surface area contributed by atoms with Crippen molar-refractivity contribution in [1.82, 2.24) is 19.7 Å². The largest absolute Gasteiger partial charge is 0.364 e. The molecule has 1 saturated heterocycles. The Hall–Kier alpha value is -1.24. The summed E-state index contributed by atoms with van der Waals surface area (Å²) in [5.74, 6) is 1.97. The molecule has 5 nitrogen and oxygen atoms in total. The lowest BCUT2D eigenvalue weighted by atomic mass is 10.0. The number of aryl methyl sites for hydroxylation is 1. The van der Waals surface area contributed by atoms with E-state index in [1.807, 2.05) is 0 Å². The van der Waals surface area contributed by atoms with Crippen molar-refractivity contribution in [2.45, 2.75) is 45.4 Å². The van der Waals surface area contributed by atoms with Crippen LogP contribution in [0.2, 0.25) is 0 Å². The second-order valence-electron chi connectivity index (χ2n) is 6.46. The Bertz CT molecular complexity index is 679. The Balaban J connectivity index is 1.64. The molecular weight excluding hydrogens is 296 g/mol. The van der Waals surface area contributed by atoms with Crippen LogP contribution in [0.25, 0.3) is 10.7 Å². The maximum atomic E-state index is 6.23. The van der Waals surface area contributed by atoms with Crippen molar-refractivity contribution >= 4 is 11.3 Å². The standard InChI is InChI=1S/C16H22N4OS/c1-3-6-19-7-5-16(10-19)11-20-13(9-21-16)17-18-15(20)14-12(2)4-8-22-14/h4,8H,3,5-7,9-11H2,1-2H3. The SMILES string of the molecule is CCCN1CCC2(C1)Cn1c(nnc1-c1sccc1C)CO2. The van der Waals surface area contributed by atoms with Gasteiger partial charge in [0.2, 0.25) is 0 Å². The van der Waals surface area contributed by atoms with E-state index in [-0.39, 0.29) is 5.60 Å². The van der Waals surface area contributed by atoms with Crippen LogP contribution in [0, 0.1) is 6.92 Å². The minimum absolute atomic E-state index is 0.0511. The molecule has 2 aliphatic heterocycles. The smallest absolute Gasteiger partial charge is 0.174 e. The van der Waals surface area contributed by atoms with Crippen LogP contribution in [-0.4, -0.2) is 44.9 Å². The van der Waals surface area contributed by atoms with Gasteiger partial charge in [-0.25, -0.2) is 0 Å². The Labute approximate surface area is 134 Å². The van der Waals surface area contributed by atoms with Crippen LogP contribution in [0.15, 0.2) is 11.4 Å². The van der Waals surface area contributed by atoms with Crippen molar-refractivity contribution in [2.24, 2.45) is 0 Å². The summed E-state index contributed by atoms with van der Waals surface area (Å²) in [6.07, 6.45) is 2.31. The maximum absolute atomic E-state index is 6.23. The highest BCUT2D eigenvalue weighted by Crippen LogP contribution is 2.36. The molecule has 22 heavy (non-hydrogen) atoms. The van der Waals surface area contributed by atoms with Crippen LogP contribution in [0.1, 0.15) is 31.2 Å². The van der Waals surface area contributed by atoms with Crippen LogP contribution >= 0.6 is 11.3 Å². The number of aromatic nitrogens is 3. The van der Waals surface area contributed by atoms with Crippen molar-refractivity contribution in [3.8, 4) is 10.7 Å². The minimum atomic E-state index is -0.0511. The third-order valence-electron chi connectivity index (χ3n) is 4.78. The van der Waals surface area contributed by atoms with Gasteiger partial charge in [-0.1, -0.05) is 6.92 Å². The molecule has 1 unspecified atom stereocenters. The molecule has 2 aliphatic rings. The highest BCUT2D eigenvalue weighted by atomic mass is 32.1. The van der Waals surface area contributed by atoms with Gasteiger partial charge in [0, 0.05) is 13.1 Å². The summed E-state index contributed by atoms with van der Waals surface area (Å²) in [5, 5.41) is 10.9. The number of fused-ring (bicyclic) bond motifs is 1. The van der Waals surface area contributed by atoms with Gasteiger partial charge in [0.15, 0.2) is 11.6 Å². The predicted molar refractivity (Wildman–Crippen MR) is 86.9 cm³/mol. The lowest BCUT2D eigenvalue weighted by Gasteiger charge is -2.34. The van der Waals surface area contributed by atoms with Gasteiger partial charge in [-0.05, 0) is 43.3 Å². The molecule has 0 N–H and O–H groups in total. The third-order valence-corrected chi connectivity index (χ3v) is 5.79. The third kappa shape index (κ3) is 2.30. The fraction of sp³-hybridized carbons (Fsp3) is 0.625. The first-order valence-electron chi connectivity index (χ1n) is 8.04. The monoisotopic (exact) mass is 318 g/mol. The van der Waals surface area contributed by atoms with Gasteiger partial charge in [-0.2, -0.15) is 0 Å². The second-order valence-corrected chi connectivity index (χ2v) is 7.37. The molecule has 1 atom stereocenters. The Kier molecular flexibility index (Phi) is 3.55. The van der Waals surface area contributed by atoms with Gasteiger partial charge >= 0.3 is 0 Å². The fourth-order valence-electron chi connectivity index (χ4n) is 3.61. The first kappa shape index (κ1) is 14.4. The van der Waals surface area contributed by atoms with Gasteiger partial charge in [0.25, 0.3) is 0 Å². The number of hydrogen-bond acceptors (Lipinski definition) is 5. The first-order chi connectivity index (χ1) is 10.7. The molecule has 6 heteroatoms. The Morgan fingerprint density at radius 1 is 1.36 bits per heavy atom. The summed E-state index contributed by atoms with van der Waals surface area (Å²) in [7, 11) is 0. The number of likely N-dealkylation sites (tertiary alicyclic amines) is 1. The van der Waals surface area contributed by atoms with E-state index in [0.29, 0.717) is 6.61 Å². The number of ether oxygens (including phenoxy) is 1. The zero-order chi connectivity index (χ0) is 15.2. The molecule has 1 spiro atoms. The van der Waals surface area contributed by atoms with Gasteiger partial charge in [-0.15, -0.1) is 21.5 Å². The topological polar surface area (TPSA) is 43.2 Å². The van der Waals surface area contributed by atoms with Crippen LogP contribution in [0.3, 0.4) is 0 Å². The van der Waals surface area contributed by atoms with E-state index in [2.05, 4.69) is 45.0 Å². The number of hydrogen-bond donors (Lipinski definition) is 0. The number of nitrogens with zero attached hydrogens (tertiary/aromatic N) is 4. The van der Waals surface area contributed by atoms with Gasteiger partial charge < -0.3 is 14.2 Å². The molecule has 2 aromatic heterocycles. The van der Waals surface area contributed by atoms with Gasteiger partial charge in [0.1, 0.15) is 12.2 Å². The molecular formula is C16H22N4OS. The summed E-state index contributed by atoms with van der Waals surface area (Å²) in [5.41, 5.74) is 1.23. The first-order valence-corrected chi connectivity index (χ1v) is 8.91. The molecule has 0 bridgehead atoms. The molecule has 4 heterocycles. The Morgan fingerprint density at radius 3 is 3.05 bits per heavy atom. The molecule has 0 aromatic carbocycles. The normalized spacial score (nSPS) is 25.0. The van der Waals surface area contributed by atoms with E-state index < -0.39 is 0 Å². The van der Waals surface area contributed by atoms with Gasteiger partial charge in [0.05, 0.1) is 11.4 Å². The Morgan fingerprint density at radius 2 is 2.27 bits per heavy atom.